The molecule has 1 unspecified atom stereocenters. The van der Waals surface area contributed by atoms with Crippen molar-refractivity contribution in [2.75, 3.05) is 0 Å². The molecule has 20 heavy (non-hydrogen) atoms. The summed E-state index contributed by atoms with van der Waals surface area (Å²) in [5.74, 6) is 0.963. The van der Waals surface area contributed by atoms with E-state index in [0.717, 1.165) is 25.7 Å². The molecular weight excluding hydrogens is 248 g/mol. The van der Waals surface area contributed by atoms with Gasteiger partial charge in [0, 0.05) is 11.8 Å². The molecule has 0 amide bonds. The van der Waals surface area contributed by atoms with Crippen molar-refractivity contribution in [1.82, 2.24) is 0 Å². The van der Waals surface area contributed by atoms with Crippen LogP contribution in [0.3, 0.4) is 0 Å². The fraction of sp³-hybridized carbons (Fsp3) is 0.833. The average Bonchev–Trinajstić information content (AvgIpc) is 2.59. The normalized spacial score (nSPS) is 42.3. The molecule has 1 saturated carbocycles. The molecule has 3 rings (SSSR count). The van der Waals surface area contributed by atoms with E-state index in [1.165, 1.54) is 18.4 Å². The molecular formula is C18H28O2. The van der Waals surface area contributed by atoms with E-state index in [2.05, 4.69) is 27.7 Å². The molecule has 2 fully saturated rings. The van der Waals surface area contributed by atoms with Crippen molar-refractivity contribution >= 4 is 5.78 Å². The maximum absolute atomic E-state index is 12.2. The predicted octanol–water partition coefficient (Wildman–Crippen LogP) is 4.43. The molecule has 0 aromatic rings. The van der Waals surface area contributed by atoms with Crippen molar-refractivity contribution in [2.45, 2.75) is 83.8 Å². The molecule has 0 aromatic heterocycles. The quantitative estimate of drug-likeness (QED) is 0.762. The Labute approximate surface area is 123 Å². The molecule has 2 heteroatoms. The van der Waals surface area contributed by atoms with E-state index >= 15 is 0 Å². The lowest BCUT2D eigenvalue weighted by atomic mass is 9.55. The van der Waals surface area contributed by atoms with Crippen LogP contribution in [0.4, 0.5) is 0 Å². The maximum atomic E-state index is 12.2. The van der Waals surface area contributed by atoms with Gasteiger partial charge in [0.25, 0.3) is 0 Å². The van der Waals surface area contributed by atoms with Gasteiger partial charge in [0.1, 0.15) is 0 Å². The Kier molecular flexibility index (Phi) is 3.17. The van der Waals surface area contributed by atoms with E-state index < -0.39 is 0 Å². The van der Waals surface area contributed by atoms with Crippen LogP contribution >= 0.6 is 0 Å². The van der Waals surface area contributed by atoms with Crippen LogP contribution in [-0.2, 0) is 9.53 Å². The van der Waals surface area contributed by atoms with Crippen molar-refractivity contribution in [2.24, 2.45) is 11.3 Å². The lowest BCUT2D eigenvalue weighted by Gasteiger charge is -2.51. The Morgan fingerprint density at radius 1 is 1.35 bits per heavy atom. The van der Waals surface area contributed by atoms with Crippen molar-refractivity contribution in [3.05, 3.63) is 11.6 Å². The maximum Gasteiger partial charge on any atom is 0.156 e. The van der Waals surface area contributed by atoms with Gasteiger partial charge >= 0.3 is 0 Å². The summed E-state index contributed by atoms with van der Waals surface area (Å²) in [7, 11) is 0. The topological polar surface area (TPSA) is 26.3 Å². The van der Waals surface area contributed by atoms with Crippen LogP contribution in [0.2, 0.25) is 0 Å². The molecule has 2 nitrogen and oxygen atoms in total. The summed E-state index contributed by atoms with van der Waals surface area (Å²) in [6.45, 7) is 8.99. The number of ketones is 1. The number of rotatable bonds is 3. The van der Waals surface area contributed by atoms with Gasteiger partial charge in [-0.15, -0.1) is 0 Å². The Morgan fingerprint density at radius 2 is 2.10 bits per heavy atom. The Balaban J connectivity index is 2.04. The van der Waals surface area contributed by atoms with Crippen LogP contribution in [0.1, 0.15) is 72.6 Å². The summed E-state index contributed by atoms with van der Waals surface area (Å²) in [5.41, 5.74) is 1.13. The lowest BCUT2D eigenvalue weighted by molar-refractivity contribution is -0.145. The molecule has 1 saturated heterocycles. The number of carbonyl (C=O) groups is 1. The zero-order valence-electron chi connectivity index (χ0n) is 13.4. The van der Waals surface area contributed by atoms with Gasteiger partial charge in [0.05, 0.1) is 11.2 Å². The first-order valence-electron chi connectivity index (χ1n) is 8.27. The fourth-order valence-corrected chi connectivity index (χ4v) is 4.88. The summed E-state index contributed by atoms with van der Waals surface area (Å²) in [6, 6.07) is 0. The Hall–Kier alpha value is -0.630. The summed E-state index contributed by atoms with van der Waals surface area (Å²) in [6.07, 6.45) is 9.43. The van der Waals surface area contributed by atoms with Gasteiger partial charge in [-0.05, 0) is 63.5 Å². The summed E-state index contributed by atoms with van der Waals surface area (Å²) < 4.78 is 6.70. The predicted molar refractivity (Wildman–Crippen MR) is 80.6 cm³/mol. The number of ether oxygens (including phenoxy) is 1. The van der Waals surface area contributed by atoms with Gasteiger partial charge in [0.15, 0.2) is 5.78 Å². The fourth-order valence-electron chi connectivity index (χ4n) is 4.88. The molecule has 1 spiro atoms. The Bertz CT molecular complexity index is 462. The smallest absolute Gasteiger partial charge is 0.156 e. The van der Waals surface area contributed by atoms with Crippen molar-refractivity contribution < 1.29 is 9.53 Å². The SMILES string of the molecule is CCCCC1=CC(=O)C[C@@]2(C)CC[C@@H]3CC12OC3(C)C. The minimum atomic E-state index is -0.150. The zero-order valence-corrected chi connectivity index (χ0v) is 13.4. The monoisotopic (exact) mass is 276 g/mol. The summed E-state index contributed by atoms with van der Waals surface area (Å²) in [5, 5.41) is 0. The van der Waals surface area contributed by atoms with Crippen molar-refractivity contribution in [1.29, 1.82) is 0 Å². The van der Waals surface area contributed by atoms with Crippen LogP contribution in [-0.4, -0.2) is 17.0 Å². The molecule has 2 aliphatic carbocycles. The molecule has 0 radical (unpaired) electrons. The van der Waals surface area contributed by atoms with E-state index in [9.17, 15) is 4.79 Å². The number of allylic oxidation sites excluding steroid dienone is 1. The van der Waals surface area contributed by atoms with E-state index in [0.29, 0.717) is 18.1 Å². The van der Waals surface area contributed by atoms with Gasteiger partial charge in [-0.2, -0.15) is 0 Å². The standard InChI is InChI=1S/C18H28O2/c1-5-6-7-13-10-15(19)12-17(4)9-8-14-11-18(13,17)20-16(14,2)3/h10,14H,5-9,11-12H2,1-4H3/t14-,17-,18?/m1/s1. The molecule has 1 heterocycles. The zero-order chi connectivity index (χ0) is 14.6. The molecule has 0 aromatic carbocycles. The number of unbranched alkanes of at least 4 members (excludes halogenated alkanes) is 1. The van der Waals surface area contributed by atoms with Gasteiger partial charge in [-0.25, -0.2) is 0 Å². The second-order valence-corrected chi connectivity index (χ2v) is 7.95. The molecule has 112 valence electrons. The van der Waals surface area contributed by atoms with Crippen LogP contribution < -0.4 is 0 Å². The van der Waals surface area contributed by atoms with E-state index in [1.807, 2.05) is 6.08 Å². The van der Waals surface area contributed by atoms with E-state index in [4.69, 9.17) is 4.74 Å². The second kappa shape index (κ2) is 4.43. The number of hydrogen-bond acceptors (Lipinski definition) is 2. The van der Waals surface area contributed by atoms with Crippen molar-refractivity contribution in [3.8, 4) is 0 Å². The first-order valence-corrected chi connectivity index (χ1v) is 8.27. The van der Waals surface area contributed by atoms with Gasteiger partial charge < -0.3 is 4.74 Å². The lowest BCUT2D eigenvalue weighted by Crippen LogP contribution is -2.53. The van der Waals surface area contributed by atoms with E-state index in [1.54, 1.807) is 0 Å². The third-order valence-electron chi connectivity index (χ3n) is 6.19. The van der Waals surface area contributed by atoms with Crippen LogP contribution in [0.25, 0.3) is 0 Å². The molecule has 0 N–H and O–H groups in total. The Morgan fingerprint density at radius 3 is 2.80 bits per heavy atom. The largest absolute Gasteiger partial charge is 0.364 e. The third-order valence-corrected chi connectivity index (χ3v) is 6.19. The molecule has 3 atom stereocenters. The molecule has 2 bridgehead atoms. The van der Waals surface area contributed by atoms with Crippen molar-refractivity contribution in [3.63, 3.8) is 0 Å². The summed E-state index contributed by atoms with van der Waals surface area (Å²) >= 11 is 0. The highest BCUT2D eigenvalue weighted by molar-refractivity contribution is 5.92. The number of carbonyl (C=O) groups excluding carboxylic acids is 1. The van der Waals surface area contributed by atoms with Gasteiger partial charge in [0.2, 0.25) is 0 Å². The molecule has 1 aliphatic heterocycles. The van der Waals surface area contributed by atoms with Crippen LogP contribution in [0.15, 0.2) is 11.6 Å². The van der Waals surface area contributed by atoms with Crippen LogP contribution in [0, 0.1) is 11.3 Å². The third kappa shape index (κ3) is 1.83. The number of fused-ring (bicyclic) bond motifs is 1. The first kappa shape index (κ1) is 14.3. The second-order valence-electron chi connectivity index (χ2n) is 7.95. The highest BCUT2D eigenvalue weighted by Crippen LogP contribution is 2.64. The van der Waals surface area contributed by atoms with Crippen LogP contribution in [0.5, 0.6) is 0 Å². The first-order chi connectivity index (χ1) is 9.33. The highest BCUT2D eigenvalue weighted by atomic mass is 16.5. The minimum Gasteiger partial charge on any atom is -0.364 e. The number of hydrogen-bond donors (Lipinski definition) is 0. The average molecular weight is 276 g/mol. The van der Waals surface area contributed by atoms with E-state index in [-0.39, 0.29) is 16.6 Å². The van der Waals surface area contributed by atoms with Gasteiger partial charge in [-0.3, -0.25) is 4.79 Å². The molecule has 3 aliphatic rings. The van der Waals surface area contributed by atoms with Gasteiger partial charge in [-0.1, -0.05) is 20.3 Å². The summed E-state index contributed by atoms with van der Waals surface area (Å²) in [4.78, 5) is 12.2. The minimum absolute atomic E-state index is 0.0200. The highest BCUT2D eigenvalue weighted by Gasteiger charge is 2.65.